The molecule has 2 aromatic rings. The van der Waals surface area contributed by atoms with Crippen LogP contribution in [0.1, 0.15) is 97.3 Å². The molecule has 1 atom stereocenters. The monoisotopic (exact) mass is 502 g/mol. The Bertz CT molecular complexity index is 671. The average Bonchev–Trinajstić information content (AvgIpc) is 2.88. The molecule has 0 bridgehead atoms. The molecule has 0 fully saturated rings. The number of rotatable bonds is 22. The fourth-order valence-electron chi connectivity index (χ4n) is 3.94. The minimum absolute atomic E-state index is 0.404. The quantitative estimate of drug-likeness (QED) is 0.119. The SMILES string of the molecule is CCCCCCCCCOC(CCC)CCCCCOP(Oc1ccccc1)Oc1ccccc1. The molecule has 0 amide bonds. The van der Waals surface area contributed by atoms with Gasteiger partial charge in [0.2, 0.25) is 0 Å². The molecular weight excluding hydrogens is 455 g/mol. The van der Waals surface area contributed by atoms with Gasteiger partial charge in [0.05, 0.1) is 12.7 Å². The molecule has 35 heavy (non-hydrogen) atoms. The normalized spacial score (nSPS) is 12.1. The van der Waals surface area contributed by atoms with Gasteiger partial charge in [0.15, 0.2) is 0 Å². The van der Waals surface area contributed by atoms with Crippen LogP contribution in [0.15, 0.2) is 60.7 Å². The highest BCUT2D eigenvalue weighted by molar-refractivity contribution is 7.42. The summed E-state index contributed by atoms with van der Waals surface area (Å²) in [5.41, 5.74) is 0. The molecule has 0 heterocycles. The van der Waals surface area contributed by atoms with E-state index in [-0.39, 0.29) is 0 Å². The lowest BCUT2D eigenvalue weighted by atomic mass is 10.1. The summed E-state index contributed by atoms with van der Waals surface area (Å²) in [4.78, 5) is 0. The molecular formula is C30H47O4P. The third-order valence-corrected chi connectivity index (χ3v) is 7.04. The van der Waals surface area contributed by atoms with Gasteiger partial charge in [-0.3, -0.25) is 4.52 Å². The molecule has 2 aromatic carbocycles. The van der Waals surface area contributed by atoms with E-state index in [4.69, 9.17) is 18.3 Å². The zero-order valence-corrected chi connectivity index (χ0v) is 22.9. The smallest absolute Gasteiger partial charge is 0.418 e. The van der Waals surface area contributed by atoms with E-state index in [1.165, 1.54) is 57.8 Å². The van der Waals surface area contributed by atoms with Crippen LogP contribution < -0.4 is 9.05 Å². The van der Waals surface area contributed by atoms with Gasteiger partial charge in [0.1, 0.15) is 11.5 Å². The van der Waals surface area contributed by atoms with Gasteiger partial charge in [-0.2, -0.15) is 0 Å². The first-order valence-corrected chi connectivity index (χ1v) is 14.9. The number of ether oxygens (including phenoxy) is 1. The maximum Gasteiger partial charge on any atom is 0.463 e. The summed E-state index contributed by atoms with van der Waals surface area (Å²) < 4.78 is 24.2. The van der Waals surface area contributed by atoms with Gasteiger partial charge in [-0.25, -0.2) is 0 Å². The fraction of sp³-hybridized carbons (Fsp3) is 0.600. The van der Waals surface area contributed by atoms with E-state index in [1.54, 1.807) is 0 Å². The summed E-state index contributed by atoms with van der Waals surface area (Å²) in [6.07, 6.45) is 16.5. The average molecular weight is 503 g/mol. The van der Waals surface area contributed by atoms with E-state index in [2.05, 4.69) is 13.8 Å². The minimum atomic E-state index is -1.49. The van der Waals surface area contributed by atoms with Crippen LogP contribution in [0.4, 0.5) is 0 Å². The molecule has 5 heteroatoms. The number of para-hydroxylation sites is 2. The highest BCUT2D eigenvalue weighted by atomic mass is 31.2. The Balaban J connectivity index is 1.61. The Kier molecular flexibility index (Phi) is 17.4. The van der Waals surface area contributed by atoms with E-state index in [9.17, 15) is 0 Å². The first kappa shape index (κ1) is 29.6. The molecule has 0 saturated carbocycles. The van der Waals surface area contributed by atoms with Crippen molar-refractivity contribution in [2.75, 3.05) is 13.2 Å². The Morgan fingerprint density at radius 1 is 0.571 bits per heavy atom. The van der Waals surface area contributed by atoms with E-state index < -0.39 is 8.60 Å². The van der Waals surface area contributed by atoms with Gasteiger partial charge in [-0.15, -0.1) is 0 Å². The second-order valence-electron chi connectivity index (χ2n) is 9.12. The maximum atomic E-state index is 6.22. The van der Waals surface area contributed by atoms with Crippen molar-refractivity contribution >= 4 is 8.60 Å². The molecule has 0 radical (unpaired) electrons. The number of unbranched alkanes of at least 4 members (excludes halogenated alkanes) is 8. The van der Waals surface area contributed by atoms with Crippen molar-refractivity contribution < 1.29 is 18.3 Å². The molecule has 1 unspecified atom stereocenters. The van der Waals surface area contributed by atoms with Crippen molar-refractivity contribution in [2.24, 2.45) is 0 Å². The maximum absolute atomic E-state index is 6.22. The van der Waals surface area contributed by atoms with E-state index in [0.717, 1.165) is 43.8 Å². The summed E-state index contributed by atoms with van der Waals surface area (Å²) >= 11 is 0. The molecule has 0 aliphatic carbocycles. The van der Waals surface area contributed by atoms with Crippen molar-refractivity contribution in [3.63, 3.8) is 0 Å². The molecule has 0 aromatic heterocycles. The Labute approximate surface area is 215 Å². The number of hydrogen-bond donors (Lipinski definition) is 0. The van der Waals surface area contributed by atoms with Crippen LogP contribution in [0.3, 0.4) is 0 Å². The first-order valence-electron chi connectivity index (χ1n) is 13.8. The van der Waals surface area contributed by atoms with Crippen molar-refractivity contribution in [3.8, 4) is 11.5 Å². The van der Waals surface area contributed by atoms with Crippen LogP contribution in [-0.4, -0.2) is 19.3 Å². The zero-order valence-electron chi connectivity index (χ0n) is 22.0. The molecule has 2 rings (SSSR count). The molecule has 4 nitrogen and oxygen atoms in total. The summed E-state index contributed by atoms with van der Waals surface area (Å²) in [7, 11) is -1.49. The topological polar surface area (TPSA) is 36.9 Å². The highest BCUT2D eigenvalue weighted by Gasteiger charge is 2.17. The highest BCUT2D eigenvalue weighted by Crippen LogP contribution is 2.41. The van der Waals surface area contributed by atoms with Gasteiger partial charge in [-0.1, -0.05) is 108 Å². The lowest BCUT2D eigenvalue weighted by molar-refractivity contribution is 0.0368. The van der Waals surface area contributed by atoms with Crippen LogP contribution >= 0.6 is 8.60 Å². The predicted octanol–water partition coefficient (Wildman–Crippen LogP) is 9.88. The second-order valence-corrected chi connectivity index (χ2v) is 10.2. The predicted molar refractivity (Wildman–Crippen MR) is 148 cm³/mol. The Hall–Kier alpha value is -1.61. The minimum Gasteiger partial charge on any atom is -0.418 e. The zero-order chi connectivity index (χ0) is 24.8. The third-order valence-electron chi connectivity index (χ3n) is 5.93. The lowest BCUT2D eigenvalue weighted by Gasteiger charge is -2.18. The van der Waals surface area contributed by atoms with Gasteiger partial charge in [0, 0.05) is 6.61 Å². The molecule has 0 N–H and O–H groups in total. The number of benzene rings is 2. The standard InChI is InChI=1S/C30H47O4P/c1-3-5-6-7-8-9-18-26-31-28(20-4-2)21-17-12-19-27-32-35(33-29-22-13-10-14-23-29)34-30-24-15-11-16-25-30/h10-11,13-16,22-25,28H,3-9,12,17-21,26-27H2,1-2H3. The van der Waals surface area contributed by atoms with Crippen molar-refractivity contribution in [1.29, 1.82) is 0 Å². The van der Waals surface area contributed by atoms with E-state index in [1.807, 2.05) is 60.7 Å². The summed E-state index contributed by atoms with van der Waals surface area (Å²) in [6.45, 7) is 6.06. The van der Waals surface area contributed by atoms with Crippen molar-refractivity contribution in [2.45, 2.75) is 103 Å². The molecule has 0 aliphatic heterocycles. The van der Waals surface area contributed by atoms with Crippen LogP contribution in [-0.2, 0) is 9.26 Å². The molecule has 0 spiro atoms. The Morgan fingerprint density at radius 2 is 1.11 bits per heavy atom. The van der Waals surface area contributed by atoms with Gasteiger partial charge >= 0.3 is 8.60 Å². The first-order chi connectivity index (χ1) is 17.3. The summed E-state index contributed by atoms with van der Waals surface area (Å²) in [5, 5.41) is 0. The van der Waals surface area contributed by atoms with Crippen LogP contribution in [0.2, 0.25) is 0 Å². The van der Waals surface area contributed by atoms with Gasteiger partial charge in [-0.05, 0) is 49.9 Å². The van der Waals surface area contributed by atoms with Gasteiger partial charge in [0.25, 0.3) is 0 Å². The fourth-order valence-corrected chi connectivity index (χ4v) is 4.95. The Morgan fingerprint density at radius 3 is 1.71 bits per heavy atom. The van der Waals surface area contributed by atoms with Crippen LogP contribution in [0.25, 0.3) is 0 Å². The van der Waals surface area contributed by atoms with E-state index in [0.29, 0.717) is 12.7 Å². The van der Waals surface area contributed by atoms with Crippen LogP contribution in [0.5, 0.6) is 11.5 Å². The molecule has 196 valence electrons. The van der Waals surface area contributed by atoms with Crippen molar-refractivity contribution in [1.82, 2.24) is 0 Å². The summed E-state index contributed by atoms with van der Waals surface area (Å²) in [5.74, 6) is 1.52. The molecule has 0 aliphatic rings. The lowest BCUT2D eigenvalue weighted by Crippen LogP contribution is -2.13. The molecule has 0 saturated heterocycles. The second kappa shape index (κ2) is 20.6. The van der Waals surface area contributed by atoms with E-state index >= 15 is 0 Å². The summed E-state index contributed by atoms with van der Waals surface area (Å²) in [6, 6.07) is 19.4. The van der Waals surface area contributed by atoms with Crippen LogP contribution in [0, 0.1) is 0 Å². The largest absolute Gasteiger partial charge is 0.463 e. The van der Waals surface area contributed by atoms with Gasteiger partial charge < -0.3 is 13.8 Å². The third kappa shape index (κ3) is 15.2. The number of hydrogen-bond acceptors (Lipinski definition) is 4. The van der Waals surface area contributed by atoms with Crippen molar-refractivity contribution in [3.05, 3.63) is 60.7 Å².